The lowest BCUT2D eigenvalue weighted by atomic mass is 9.97. The first-order valence-corrected chi connectivity index (χ1v) is 15.3. The number of aliphatic hydroxyl groups excluding tert-OH is 1. The van der Waals surface area contributed by atoms with E-state index in [1.54, 1.807) is 13.1 Å². The van der Waals surface area contributed by atoms with E-state index in [2.05, 4.69) is 55.4 Å². The third-order valence-electron chi connectivity index (χ3n) is 7.37. The Morgan fingerprint density at radius 3 is 2.57 bits per heavy atom. The van der Waals surface area contributed by atoms with Gasteiger partial charge in [-0.1, -0.05) is 20.8 Å². The van der Waals surface area contributed by atoms with Gasteiger partial charge in [0.25, 0.3) is 0 Å². The van der Waals surface area contributed by atoms with Gasteiger partial charge in [0, 0.05) is 31.8 Å². The molecule has 2 heterocycles. The molecule has 0 spiro atoms. The molecule has 9 heteroatoms. The van der Waals surface area contributed by atoms with Crippen molar-refractivity contribution in [2.75, 3.05) is 6.61 Å². The lowest BCUT2D eigenvalue weighted by Gasteiger charge is -2.36. The van der Waals surface area contributed by atoms with Gasteiger partial charge in [0.15, 0.2) is 8.32 Å². The Bertz CT molecular complexity index is 1190. The Morgan fingerprint density at radius 1 is 1.20 bits per heavy atom. The number of nitrogens with zero attached hydrogens (tertiary/aromatic N) is 5. The van der Waals surface area contributed by atoms with E-state index in [0.29, 0.717) is 23.2 Å². The van der Waals surface area contributed by atoms with Crippen LogP contribution in [0.25, 0.3) is 11.3 Å². The minimum absolute atomic E-state index is 0.0113. The molecule has 1 atom stereocenters. The maximum Gasteiger partial charge on any atom is 0.192 e. The van der Waals surface area contributed by atoms with Crippen molar-refractivity contribution >= 4 is 8.32 Å². The Balaban J connectivity index is 1.62. The van der Waals surface area contributed by atoms with E-state index in [1.165, 1.54) is 29.8 Å². The molecule has 0 amide bonds. The summed E-state index contributed by atoms with van der Waals surface area (Å²) in [7, 11) is -0.301. The van der Waals surface area contributed by atoms with Crippen LogP contribution in [-0.4, -0.2) is 44.8 Å². The molecular weight excluding hydrogens is 461 g/mol. The maximum atomic E-state index is 14.3. The van der Waals surface area contributed by atoms with E-state index in [9.17, 15) is 9.50 Å². The molecule has 1 aromatic carbocycles. The van der Waals surface area contributed by atoms with Crippen LogP contribution < -0.4 is 0 Å². The standard InChI is InChI=1S/C26H38FN5O2Si/c1-17-19(15-32(28-17)14-18-8-9-18)12-23-25(30-31(5)29-23)21-11-10-20(27)13-22(21)24(33)16-34-35(6,7)26(2,3)4/h10-11,13,15,18,24,33H,8-9,12,14,16H2,1-7H3. The minimum atomic E-state index is -2.08. The second-order valence-corrected chi connectivity index (χ2v) is 16.2. The molecule has 1 unspecified atom stereocenters. The van der Waals surface area contributed by atoms with Crippen LogP contribution in [-0.2, 0) is 24.4 Å². The zero-order valence-corrected chi connectivity index (χ0v) is 23.0. The maximum absolute atomic E-state index is 14.3. The quantitative estimate of drug-likeness (QED) is 0.410. The molecule has 7 nitrogen and oxygen atoms in total. The number of rotatable bonds is 9. The van der Waals surface area contributed by atoms with E-state index in [0.717, 1.165) is 29.4 Å². The van der Waals surface area contributed by atoms with Gasteiger partial charge in [-0.3, -0.25) is 4.68 Å². The van der Waals surface area contributed by atoms with Crippen LogP contribution in [0.3, 0.4) is 0 Å². The third-order valence-corrected chi connectivity index (χ3v) is 11.9. The van der Waals surface area contributed by atoms with Crippen LogP contribution in [0.4, 0.5) is 4.39 Å². The molecule has 0 aliphatic heterocycles. The Morgan fingerprint density at radius 2 is 1.91 bits per heavy atom. The molecule has 1 N–H and O–H groups in total. The van der Waals surface area contributed by atoms with Crippen LogP contribution in [0.15, 0.2) is 24.4 Å². The van der Waals surface area contributed by atoms with Crippen molar-refractivity contribution in [1.82, 2.24) is 24.8 Å². The van der Waals surface area contributed by atoms with Crippen molar-refractivity contribution in [3.05, 3.63) is 52.7 Å². The van der Waals surface area contributed by atoms with E-state index in [-0.39, 0.29) is 11.6 Å². The molecular formula is C26H38FN5O2Si. The predicted molar refractivity (Wildman–Crippen MR) is 137 cm³/mol. The molecule has 0 saturated heterocycles. The fraction of sp³-hybridized carbons (Fsp3) is 0.577. The molecule has 190 valence electrons. The molecule has 1 aliphatic rings. The molecule has 3 aromatic rings. The number of halogens is 1. The first kappa shape index (κ1) is 25.7. The summed E-state index contributed by atoms with van der Waals surface area (Å²) in [5.41, 5.74) is 4.62. The first-order valence-electron chi connectivity index (χ1n) is 12.4. The summed E-state index contributed by atoms with van der Waals surface area (Å²) in [6, 6.07) is 4.46. The van der Waals surface area contributed by atoms with E-state index >= 15 is 0 Å². The SMILES string of the molecule is Cc1nn(CC2CC2)cc1Cc1nn(C)nc1-c1ccc(F)cc1C(O)CO[Si](C)(C)C(C)(C)C. The van der Waals surface area contributed by atoms with Crippen LogP contribution >= 0.6 is 0 Å². The highest BCUT2D eigenvalue weighted by Crippen LogP contribution is 2.38. The molecule has 0 bridgehead atoms. The van der Waals surface area contributed by atoms with Crippen molar-refractivity contribution in [3.8, 4) is 11.3 Å². The van der Waals surface area contributed by atoms with Crippen molar-refractivity contribution < 1.29 is 13.9 Å². The van der Waals surface area contributed by atoms with Gasteiger partial charge in [0.05, 0.1) is 18.0 Å². The van der Waals surface area contributed by atoms with Gasteiger partial charge in [0.1, 0.15) is 17.6 Å². The molecule has 1 saturated carbocycles. The highest BCUT2D eigenvalue weighted by molar-refractivity contribution is 6.74. The molecule has 1 aliphatic carbocycles. The van der Waals surface area contributed by atoms with E-state index in [4.69, 9.17) is 4.43 Å². The normalized spacial score (nSPS) is 15.6. The van der Waals surface area contributed by atoms with Crippen molar-refractivity contribution in [3.63, 3.8) is 0 Å². The molecule has 4 rings (SSSR count). The number of aryl methyl sites for hydroxylation is 2. The zero-order valence-electron chi connectivity index (χ0n) is 22.0. The first-order chi connectivity index (χ1) is 16.3. The molecule has 0 radical (unpaired) electrons. The molecule has 35 heavy (non-hydrogen) atoms. The minimum Gasteiger partial charge on any atom is -0.414 e. The lowest BCUT2D eigenvalue weighted by molar-refractivity contribution is 0.100. The van der Waals surface area contributed by atoms with Crippen LogP contribution in [0, 0.1) is 18.7 Å². The second kappa shape index (κ2) is 9.59. The number of aliphatic hydroxyl groups is 1. The number of aromatic nitrogens is 5. The summed E-state index contributed by atoms with van der Waals surface area (Å²) in [4.78, 5) is 1.53. The van der Waals surface area contributed by atoms with Crippen LogP contribution in [0.1, 0.15) is 62.2 Å². The predicted octanol–water partition coefficient (Wildman–Crippen LogP) is 5.18. The van der Waals surface area contributed by atoms with Gasteiger partial charge in [-0.05, 0) is 73.1 Å². The lowest BCUT2D eigenvalue weighted by Crippen LogP contribution is -2.41. The zero-order chi connectivity index (χ0) is 25.5. The number of hydrogen-bond acceptors (Lipinski definition) is 5. The van der Waals surface area contributed by atoms with Gasteiger partial charge < -0.3 is 9.53 Å². The fourth-order valence-corrected chi connectivity index (χ4v) is 4.97. The van der Waals surface area contributed by atoms with Crippen molar-refractivity contribution in [2.24, 2.45) is 13.0 Å². The topological polar surface area (TPSA) is 78.0 Å². The van der Waals surface area contributed by atoms with Gasteiger partial charge in [0.2, 0.25) is 0 Å². The van der Waals surface area contributed by atoms with Crippen LogP contribution in [0.2, 0.25) is 18.1 Å². The fourth-order valence-electron chi connectivity index (χ4n) is 3.97. The van der Waals surface area contributed by atoms with Gasteiger partial charge in [-0.2, -0.15) is 20.1 Å². The van der Waals surface area contributed by atoms with Gasteiger partial charge in [-0.25, -0.2) is 4.39 Å². The average molecular weight is 500 g/mol. The summed E-state index contributed by atoms with van der Waals surface area (Å²) in [6.07, 6.45) is 4.23. The Labute approximate surface area is 208 Å². The third kappa shape index (κ3) is 5.90. The summed E-state index contributed by atoms with van der Waals surface area (Å²) >= 11 is 0. The largest absolute Gasteiger partial charge is 0.414 e. The van der Waals surface area contributed by atoms with Gasteiger partial charge in [-0.15, -0.1) is 0 Å². The van der Waals surface area contributed by atoms with E-state index < -0.39 is 20.2 Å². The summed E-state index contributed by atoms with van der Waals surface area (Å²) in [5.74, 6) is 0.337. The highest BCUT2D eigenvalue weighted by Gasteiger charge is 2.38. The van der Waals surface area contributed by atoms with Crippen molar-refractivity contribution in [1.29, 1.82) is 0 Å². The monoisotopic (exact) mass is 499 g/mol. The van der Waals surface area contributed by atoms with E-state index in [1.807, 2.05) is 11.6 Å². The molecule has 2 aromatic heterocycles. The Hall–Kier alpha value is -2.36. The van der Waals surface area contributed by atoms with Crippen LogP contribution in [0.5, 0.6) is 0 Å². The number of hydrogen-bond donors (Lipinski definition) is 1. The smallest absolute Gasteiger partial charge is 0.192 e. The summed E-state index contributed by atoms with van der Waals surface area (Å²) in [6.45, 7) is 13.8. The summed E-state index contributed by atoms with van der Waals surface area (Å²) < 4.78 is 22.6. The molecule has 1 fully saturated rings. The Kier molecular flexibility index (Phi) is 7.05. The van der Waals surface area contributed by atoms with Crippen molar-refractivity contribution in [2.45, 2.75) is 77.7 Å². The number of benzene rings is 1. The second-order valence-electron chi connectivity index (χ2n) is 11.4. The summed E-state index contributed by atoms with van der Waals surface area (Å²) in [5, 5.41) is 25.0. The highest BCUT2D eigenvalue weighted by atomic mass is 28.4. The van der Waals surface area contributed by atoms with Gasteiger partial charge >= 0.3 is 0 Å². The average Bonchev–Trinajstić information content (AvgIpc) is 3.40.